The van der Waals surface area contributed by atoms with Crippen molar-refractivity contribution in [3.63, 3.8) is 0 Å². The van der Waals surface area contributed by atoms with Crippen LogP contribution in [0.1, 0.15) is 25.8 Å². The summed E-state index contributed by atoms with van der Waals surface area (Å²) in [6.45, 7) is 3.57. The Morgan fingerprint density at radius 2 is 1.88 bits per heavy atom. The van der Waals surface area contributed by atoms with Crippen LogP contribution in [-0.4, -0.2) is 35.3 Å². The van der Waals surface area contributed by atoms with E-state index in [0.29, 0.717) is 6.61 Å². The average molecular weight is 359 g/mol. The highest BCUT2D eigenvalue weighted by molar-refractivity contribution is 5.91. The Balaban J connectivity index is 2.01. The van der Waals surface area contributed by atoms with Gasteiger partial charge < -0.3 is 15.2 Å². The lowest BCUT2D eigenvalue weighted by atomic mass is 9.49. The van der Waals surface area contributed by atoms with Crippen LogP contribution >= 0.6 is 0 Å². The molecule has 2 rings (SSSR count). The summed E-state index contributed by atoms with van der Waals surface area (Å²) in [6, 6.07) is 9.32. The van der Waals surface area contributed by atoms with Gasteiger partial charge in [0, 0.05) is 5.41 Å². The second kappa shape index (κ2) is 6.67. The molecule has 5 nitrogen and oxygen atoms in total. The number of ether oxygens (including phenoxy) is 1. The minimum atomic E-state index is -5.13. The van der Waals surface area contributed by atoms with Gasteiger partial charge in [0.15, 0.2) is 0 Å². The van der Waals surface area contributed by atoms with Crippen LogP contribution in [0.5, 0.6) is 0 Å². The molecule has 0 spiro atoms. The molecule has 1 saturated carbocycles. The van der Waals surface area contributed by atoms with E-state index in [4.69, 9.17) is 4.74 Å². The summed E-state index contributed by atoms with van der Waals surface area (Å²) < 4.78 is 43.1. The highest BCUT2D eigenvalue weighted by Crippen LogP contribution is 2.54. The first kappa shape index (κ1) is 19.2. The van der Waals surface area contributed by atoms with E-state index < -0.39 is 29.0 Å². The van der Waals surface area contributed by atoms with Crippen LogP contribution in [0, 0.1) is 11.3 Å². The predicted molar refractivity (Wildman–Crippen MR) is 82.6 cm³/mol. The quantitative estimate of drug-likeness (QED) is 0.819. The molecule has 0 aromatic heterocycles. The van der Waals surface area contributed by atoms with Gasteiger partial charge in [0.05, 0.1) is 13.2 Å². The predicted octanol–water partition coefficient (Wildman–Crippen LogP) is 2.75. The molecule has 2 atom stereocenters. The Morgan fingerprint density at radius 1 is 1.28 bits per heavy atom. The van der Waals surface area contributed by atoms with Crippen LogP contribution in [0.3, 0.4) is 0 Å². The van der Waals surface area contributed by atoms with Crippen molar-refractivity contribution in [2.45, 2.75) is 38.6 Å². The number of hydrogen-bond donors (Lipinski definition) is 2. The van der Waals surface area contributed by atoms with Crippen LogP contribution in [0.15, 0.2) is 30.3 Å². The second-order valence-electron chi connectivity index (χ2n) is 6.79. The lowest BCUT2D eigenvalue weighted by Crippen LogP contribution is -2.75. The first-order chi connectivity index (χ1) is 11.5. The highest BCUT2D eigenvalue weighted by Gasteiger charge is 2.66. The Hall–Kier alpha value is -2.09. The molecule has 2 unspecified atom stereocenters. The Bertz CT molecular complexity index is 645. The molecule has 8 heteroatoms. The van der Waals surface area contributed by atoms with Crippen molar-refractivity contribution in [3.05, 3.63) is 35.9 Å². The smallest absolute Gasteiger partial charge is 0.471 e. The van der Waals surface area contributed by atoms with Crippen LogP contribution in [-0.2, 0) is 20.9 Å². The van der Waals surface area contributed by atoms with E-state index in [1.165, 1.54) is 13.8 Å². The number of benzene rings is 1. The summed E-state index contributed by atoms with van der Waals surface area (Å²) in [5, 5.41) is 11.1. The third-order valence-electron chi connectivity index (χ3n) is 5.05. The number of carbonyl (C=O) groups is 2. The summed E-state index contributed by atoms with van der Waals surface area (Å²) in [5.74, 6) is -4.01. The average Bonchev–Trinajstić information content (AvgIpc) is 2.52. The molecular weight excluding hydrogens is 339 g/mol. The Morgan fingerprint density at radius 3 is 2.36 bits per heavy atom. The van der Waals surface area contributed by atoms with E-state index in [2.05, 4.69) is 0 Å². The van der Waals surface area contributed by atoms with Gasteiger partial charge in [-0.1, -0.05) is 44.2 Å². The highest BCUT2D eigenvalue weighted by atomic mass is 19.4. The molecule has 0 aliphatic heterocycles. The van der Waals surface area contributed by atoms with Gasteiger partial charge in [-0.05, 0) is 17.9 Å². The van der Waals surface area contributed by atoms with E-state index in [9.17, 15) is 27.9 Å². The molecule has 1 aliphatic rings. The van der Waals surface area contributed by atoms with Gasteiger partial charge in [0.1, 0.15) is 5.54 Å². The molecule has 0 radical (unpaired) electrons. The van der Waals surface area contributed by atoms with Crippen molar-refractivity contribution in [3.8, 4) is 0 Å². The molecule has 0 heterocycles. The van der Waals surface area contributed by atoms with Crippen molar-refractivity contribution in [2.75, 3.05) is 6.61 Å². The summed E-state index contributed by atoms with van der Waals surface area (Å²) >= 11 is 0. The monoisotopic (exact) mass is 359 g/mol. The lowest BCUT2D eigenvalue weighted by molar-refractivity contribution is -0.194. The van der Waals surface area contributed by atoms with E-state index >= 15 is 0 Å². The van der Waals surface area contributed by atoms with Crippen LogP contribution in [0.25, 0.3) is 0 Å². The Labute approximate surface area is 143 Å². The number of carboxylic acids is 1. The van der Waals surface area contributed by atoms with Crippen molar-refractivity contribution in [1.82, 2.24) is 5.32 Å². The maximum atomic E-state index is 12.5. The molecular formula is C17H20F3NO4. The number of rotatable bonds is 6. The number of halogens is 3. The van der Waals surface area contributed by atoms with Crippen LogP contribution < -0.4 is 5.32 Å². The zero-order valence-corrected chi connectivity index (χ0v) is 13.9. The minimum absolute atomic E-state index is 0.119. The summed E-state index contributed by atoms with van der Waals surface area (Å²) in [4.78, 5) is 22.8. The normalized spacial score (nSPS) is 25.1. The molecule has 1 fully saturated rings. The van der Waals surface area contributed by atoms with Gasteiger partial charge in [-0.25, -0.2) is 4.79 Å². The number of aliphatic carboxylic acids is 1. The van der Waals surface area contributed by atoms with Gasteiger partial charge >= 0.3 is 18.1 Å². The number of alkyl halides is 3. The van der Waals surface area contributed by atoms with E-state index in [1.54, 1.807) is 5.32 Å². The van der Waals surface area contributed by atoms with Crippen LogP contribution in [0.4, 0.5) is 13.2 Å². The van der Waals surface area contributed by atoms with E-state index in [-0.39, 0.29) is 18.9 Å². The maximum absolute atomic E-state index is 12.5. The molecule has 1 aromatic rings. The second-order valence-corrected chi connectivity index (χ2v) is 6.79. The molecule has 0 bridgehead atoms. The fourth-order valence-electron chi connectivity index (χ4n) is 3.16. The fourth-order valence-corrected chi connectivity index (χ4v) is 3.16. The van der Waals surface area contributed by atoms with Crippen molar-refractivity contribution < 1.29 is 32.6 Å². The Kier molecular flexibility index (Phi) is 5.13. The zero-order valence-electron chi connectivity index (χ0n) is 13.9. The topological polar surface area (TPSA) is 75.6 Å². The lowest BCUT2D eigenvalue weighted by Gasteiger charge is -2.58. The number of nitrogens with one attached hydrogen (secondary N) is 1. The zero-order chi connectivity index (χ0) is 18.9. The minimum Gasteiger partial charge on any atom is -0.479 e. The van der Waals surface area contributed by atoms with Gasteiger partial charge in [-0.3, -0.25) is 4.79 Å². The molecule has 25 heavy (non-hydrogen) atoms. The summed E-state index contributed by atoms with van der Waals surface area (Å²) in [6.07, 6.45) is -5.25. The van der Waals surface area contributed by atoms with Crippen molar-refractivity contribution in [2.24, 2.45) is 11.3 Å². The number of carboxylic acid groups (broad SMARTS) is 1. The third kappa shape index (κ3) is 3.63. The summed E-state index contributed by atoms with van der Waals surface area (Å²) in [7, 11) is 0. The number of carbonyl (C=O) groups excluding carboxylic acids is 1. The molecule has 1 aliphatic carbocycles. The van der Waals surface area contributed by atoms with Gasteiger partial charge in [-0.2, -0.15) is 13.2 Å². The first-order valence-electron chi connectivity index (χ1n) is 7.75. The van der Waals surface area contributed by atoms with Gasteiger partial charge in [0.2, 0.25) is 0 Å². The summed E-state index contributed by atoms with van der Waals surface area (Å²) in [5.41, 5.74) is -2.11. The SMILES string of the molecule is CC1(C)C(COCc2ccccc2)CC1(NC(=O)C(F)(F)F)C(=O)O. The molecule has 138 valence electrons. The molecule has 2 N–H and O–H groups in total. The van der Waals surface area contributed by atoms with Crippen molar-refractivity contribution in [1.29, 1.82) is 0 Å². The van der Waals surface area contributed by atoms with Gasteiger partial charge in [-0.15, -0.1) is 0 Å². The number of amides is 1. The van der Waals surface area contributed by atoms with E-state index in [1.807, 2.05) is 30.3 Å². The molecule has 1 aromatic carbocycles. The fraction of sp³-hybridized carbons (Fsp3) is 0.529. The van der Waals surface area contributed by atoms with Crippen LogP contribution in [0.2, 0.25) is 0 Å². The third-order valence-corrected chi connectivity index (χ3v) is 5.05. The van der Waals surface area contributed by atoms with E-state index in [0.717, 1.165) is 5.56 Å². The van der Waals surface area contributed by atoms with Gasteiger partial charge in [0.25, 0.3) is 0 Å². The number of hydrogen-bond acceptors (Lipinski definition) is 3. The van der Waals surface area contributed by atoms with Crippen molar-refractivity contribution >= 4 is 11.9 Å². The standard InChI is InChI=1S/C17H20F3NO4/c1-15(2)12(10-25-9-11-6-4-3-5-7-11)8-16(15,14(23)24)21-13(22)17(18,19)20/h3-7,12H,8-10H2,1-2H3,(H,21,22)(H,23,24). The largest absolute Gasteiger partial charge is 0.479 e. The molecule has 1 amide bonds. The maximum Gasteiger partial charge on any atom is 0.471 e. The molecule has 0 saturated heterocycles. The first-order valence-corrected chi connectivity index (χ1v) is 7.75.